The lowest BCUT2D eigenvalue weighted by molar-refractivity contribution is -0.123. The first-order valence-corrected chi connectivity index (χ1v) is 9.06. The van der Waals surface area contributed by atoms with Gasteiger partial charge < -0.3 is 0 Å². The van der Waals surface area contributed by atoms with E-state index in [0.717, 1.165) is 32.1 Å². The number of amides is 1. The van der Waals surface area contributed by atoms with E-state index in [1.54, 1.807) is 6.21 Å². The summed E-state index contributed by atoms with van der Waals surface area (Å²) in [6, 6.07) is 15.8. The highest BCUT2D eigenvalue weighted by Gasteiger charge is 2.26. The Balaban J connectivity index is 1.97. The van der Waals surface area contributed by atoms with Gasteiger partial charge in [-0.15, -0.1) is 0 Å². The van der Waals surface area contributed by atoms with Crippen LogP contribution in [0.2, 0.25) is 5.02 Å². The quantitative estimate of drug-likeness (QED) is 0.367. The maximum Gasteiger partial charge on any atom is 0.259 e. The van der Waals surface area contributed by atoms with Crippen molar-refractivity contribution in [3.05, 3.63) is 59.1 Å². The Bertz CT molecular complexity index is 959. The normalized spacial score (nSPS) is 15.3. The summed E-state index contributed by atoms with van der Waals surface area (Å²) in [7, 11) is 0. The number of hydrogen-bond acceptors (Lipinski definition) is 4. The van der Waals surface area contributed by atoms with Crippen LogP contribution < -0.4 is 0 Å². The Morgan fingerprint density at radius 2 is 1.58 bits per heavy atom. The molecule has 0 radical (unpaired) electrons. The van der Waals surface area contributed by atoms with E-state index in [1.807, 2.05) is 48.5 Å². The van der Waals surface area contributed by atoms with Gasteiger partial charge in [0, 0.05) is 16.3 Å². The number of hydrazone groups is 1. The molecule has 3 aromatic carbocycles. The van der Waals surface area contributed by atoms with Crippen molar-refractivity contribution in [2.45, 2.75) is 0 Å². The van der Waals surface area contributed by atoms with Crippen molar-refractivity contribution in [3.63, 3.8) is 0 Å². The molecule has 1 saturated heterocycles. The number of nitrogens with zero attached hydrogens (tertiary/aromatic N) is 2. The number of benzene rings is 3. The summed E-state index contributed by atoms with van der Waals surface area (Å²) in [5, 5.41) is 10.3. The fourth-order valence-electron chi connectivity index (χ4n) is 2.82. The largest absolute Gasteiger partial charge is 0.272 e. The molecule has 1 heterocycles. The van der Waals surface area contributed by atoms with Crippen molar-refractivity contribution in [1.82, 2.24) is 5.01 Å². The van der Waals surface area contributed by atoms with Crippen LogP contribution in [0.5, 0.6) is 0 Å². The van der Waals surface area contributed by atoms with Crippen LogP contribution in [0.1, 0.15) is 5.56 Å². The number of rotatable bonds is 2. The zero-order valence-corrected chi connectivity index (χ0v) is 14.8. The number of thioether (sulfide) groups is 1. The molecule has 1 amide bonds. The number of thiocarbonyl (C=S) groups is 1. The predicted molar refractivity (Wildman–Crippen MR) is 106 cm³/mol. The summed E-state index contributed by atoms with van der Waals surface area (Å²) >= 11 is 13.1. The topological polar surface area (TPSA) is 32.7 Å². The van der Waals surface area contributed by atoms with Gasteiger partial charge in [0.05, 0.1) is 17.0 Å². The van der Waals surface area contributed by atoms with Crippen LogP contribution in [0.3, 0.4) is 0 Å². The van der Waals surface area contributed by atoms with E-state index in [9.17, 15) is 4.79 Å². The highest BCUT2D eigenvalue weighted by Crippen LogP contribution is 2.35. The lowest BCUT2D eigenvalue weighted by Crippen LogP contribution is -2.22. The molecule has 3 aromatic rings. The molecule has 0 spiro atoms. The number of carbonyl (C=O) groups is 1. The summed E-state index contributed by atoms with van der Waals surface area (Å²) in [5.41, 5.74) is 0.929. The van der Waals surface area contributed by atoms with E-state index < -0.39 is 0 Å². The number of hydrogen-bond donors (Lipinski definition) is 0. The van der Waals surface area contributed by atoms with Gasteiger partial charge >= 0.3 is 0 Å². The second kappa shape index (κ2) is 6.16. The standard InChI is InChI=1S/C18H11ClN2OS2/c19-17-13-7-3-1-5-11(13)15(12-6-2-4-8-14(12)17)9-20-21-16(22)10-24-18(21)23/h1-9H,10H2/b20-9+. The molecule has 1 aliphatic rings. The molecule has 0 atom stereocenters. The van der Waals surface area contributed by atoms with Gasteiger partial charge in [0.15, 0.2) is 4.32 Å². The van der Waals surface area contributed by atoms with Crippen LogP contribution in [0, 0.1) is 0 Å². The molecular weight excluding hydrogens is 360 g/mol. The first-order valence-electron chi connectivity index (χ1n) is 7.29. The van der Waals surface area contributed by atoms with Gasteiger partial charge in [-0.2, -0.15) is 10.1 Å². The van der Waals surface area contributed by atoms with E-state index in [2.05, 4.69) is 5.10 Å². The second-order valence-corrected chi connectivity index (χ2v) is 7.31. The summed E-state index contributed by atoms with van der Waals surface area (Å²) in [5.74, 6) is 0.252. The third-order valence-electron chi connectivity index (χ3n) is 3.94. The van der Waals surface area contributed by atoms with Crippen LogP contribution in [0.15, 0.2) is 53.6 Å². The van der Waals surface area contributed by atoms with Crippen LogP contribution >= 0.6 is 35.6 Å². The van der Waals surface area contributed by atoms with Crippen LogP contribution in [-0.2, 0) is 4.79 Å². The van der Waals surface area contributed by atoms with E-state index in [-0.39, 0.29) is 5.91 Å². The number of carbonyl (C=O) groups excluding carboxylic acids is 1. The van der Waals surface area contributed by atoms with Gasteiger partial charge in [0.25, 0.3) is 5.91 Å². The lowest BCUT2D eigenvalue weighted by Gasteiger charge is -2.12. The predicted octanol–water partition coefficient (Wildman–Crippen LogP) is 4.84. The smallest absolute Gasteiger partial charge is 0.259 e. The van der Waals surface area contributed by atoms with Gasteiger partial charge in [0.1, 0.15) is 0 Å². The van der Waals surface area contributed by atoms with Crippen molar-refractivity contribution in [2.24, 2.45) is 5.10 Å². The average Bonchev–Trinajstić information content (AvgIpc) is 2.93. The van der Waals surface area contributed by atoms with Crippen molar-refractivity contribution < 1.29 is 4.79 Å². The molecule has 6 heteroatoms. The third-order valence-corrected chi connectivity index (χ3v) is 5.68. The van der Waals surface area contributed by atoms with E-state index in [0.29, 0.717) is 10.1 Å². The van der Waals surface area contributed by atoms with Crippen molar-refractivity contribution in [3.8, 4) is 0 Å². The van der Waals surface area contributed by atoms with E-state index in [4.69, 9.17) is 23.8 Å². The van der Waals surface area contributed by atoms with Crippen molar-refractivity contribution in [1.29, 1.82) is 0 Å². The molecule has 0 aliphatic carbocycles. The maximum atomic E-state index is 11.9. The summed E-state index contributed by atoms with van der Waals surface area (Å²) in [6.07, 6.45) is 1.71. The zero-order chi connectivity index (χ0) is 16.7. The molecule has 0 N–H and O–H groups in total. The molecule has 0 unspecified atom stereocenters. The van der Waals surface area contributed by atoms with Crippen LogP contribution in [0.25, 0.3) is 21.5 Å². The third kappa shape index (κ3) is 2.49. The Kier molecular flexibility index (Phi) is 4.00. The second-order valence-electron chi connectivity index (χ2n) is 5.32. The number of halogens is 1. The zero-order valence-electron chi connectivity index (χ0n) is 12.4. The molecule has 1 fully saturated rings. The lowest BCUT2D eigenvalue weighted by atomic mass is 9.97. The molecule has 4 rings (SSSR count). The van der Waals surface area contributed by atoms with Gasteiger partial charge in [-0.1, -0.05) is 84.1 Å². The molecular formula is C18H11ClN2OS2. The summed E-state index contributed by atoms with van der Waals surface area (Å²) in [4.78, 5) is 11.9. The Morgan fingerprint density at radius 3 is 2.08 bits per heavy atom. The first kappa shape index (κ1) is 15.6. The average molecular weight is 371 g/mol. The minimum Gasteiger partial charge on any atom is -0.272 e. The fraction of sp³-hybridized carbons (Fsp3) is 0.0556. The summed E-state index contributed by atoms with van der Waals surface area (Å²) in [6.45, 7) is 0. The maximum absolute atomic E-state index is 11.9. The Labute approximate surface area is 153 Å². The molecule has 1 aliphatic heterocycles. The minimum atomic E-state index is -0.0937. The molecule has 3 nitrogen and oxygen atoms in total. The fourth-order valence-corrected chi connectivity index (χ4v) is 4.12. The van der Waals surface area contributed by atoms with Gasteiger partial charge in [-0.05, 0) is 10.8 Å². The molecule has 0 saturated carbocycles. The molecule has 118 valence electrons. The van der Waals surface area contributed by atoms with Gasteiger partial charge in [-0.25, -0.2) is 0 Å². The minimum absolute atomic E-state index is 0.0937. The van der Waals surface area contributed by atoms with Crippen molar-refractivity contribution >= 4 is 73.6 Å². The highest BCUT2D eigenvalue weighted by atomic mass is 35.5. The SMILES string of the molecule is O=C1CSC(=S)N1/N=C/c1c2ccccc2c(Cl)c2ccccc12. The molecule has 0 aromatic heterocycles. The van der Waals surface area contributed by atoms with Gasteiger partial charge in [0.2, 0.25) is 0 Å². The first-order chi connectivity index (χ1) is 11.7. The summed E-state index contributed by atoms with van der Waals surface area (Å²) < 4.78 is 0.485. The number of fused-ring (bicyclic) bond motifs is 2. The highest BCUT2D eigenvalue weighted by molar-refractivity contribution is 8.23. The monoisotopic (exact) mass is 370 g/mol. The van der Waals surface area contributed by atoms with E-state index >= 15 is 0 Å². The van der Waals surface area contributed by atoms with Crippen molar-refractivity contribution in [2.75, 3.05) is 5.75 Å². The van der Waals surface area contributed by atoms with Crippen LogP contribution in [-0.4, -0.2) is 27.2 Å². The molecule has 24 heavy (non-hydrogen) atoms. The molecule has 0 bridgehead atoms. The Morgan fingerprint density at radius 1 is 1.04 bits per heavy atom. The van der Waals surface area contributed by atoms with Gasteiger partial charge in [-0.3, -0.25) is 4.79 Å². The van der Waals surface area contributed by atoms with Crippen LogP contribution in [0.4, 0.5) is 0 Å². The Hall–Kier alpha value is -1.95. The van der Waals surface area contributed by atoms with E-state index in [1.165, 1.54) is 16.8 Å².